The van der Waals surface area contributed by atoms with Gasteiger partial charge in [-0.25, -0.2) is 5.84 Å². The summed E-state index contributed by atoms with van der Waals surface area (Å²) >= 11 is 0. The Morgan fingerprint density at radius 2 is 2.00 bits per heavy atom. The SMILES string of the molecule is CCC(C)(C)CN=C(NN)NCC(C)C. The quantitative estimate of drug-likeness (QED) is 0.281. The molecule has 0 bridgehead atoms. The van der Waals surface area contributed by atoms with Gasteiger partial charge in [0.15, 0.2) is 0 Å². The van der Waals surface area contributed by atoms with Crippen LogP contribution in [-0.2, 0) is 0 Å². The molecule has 0 saturated heterocycles. The van der Waals surface area contributed by atoms with Crippen molar-refractivity contribution in [3.8, 4) is 0 Å². The Hall–Kier alpha value is -0.770. The molecule has 0 rings (SSSR count). The van der Waals surface area contributed by atoms with Gasteiger partial charge in [-0.1, -0.05) is 34.6 Å². The lowest BCUT2D eigenvalue weighted by Gasteiger charge is -2.20. The van der Waals surface area contributed by atoms with E-state index in [2.05, 4.69) is 50.4 Å². The van der Waals surface area contributed by atoms with Gasteiger partial charge in [0.1, 0.15) is 0 Å². The van der Waals surface area contributed by atoms with E-state index < -0.39 is 0 Å². The van der Waals surface area contributed by atoms with Crippen LogP contribution in [-0.4, -0.2) is 19.0 Å². The molecule has 0 aromatic rings. The third kappa shape index (κ3) is 7.19. The normalized spacial score (nSPS) is 13.1. The predicted molar refractivity (Wildman–Crippen MR) is 66.5 cm³/mol. The molecule has 0 heterocycles. The average molecular weight is 214 g/mol. The molecular formula is C11H26N4. The number of rotatable bonds is 5. The van der Waals surface area contributed by atoms with Crippen LogP contribution in [0, 0.1) is 11.3 Å². The van der Waals surface area contributed by atoms with Crippen LogP contribution in [0.25, 0.3) is 0 Å². The van der Waals surface area contributed by atoms with Crippen molar-refractivity contribution in [3.05, 3.63) is 0 Å². The fourth-order valence-corrected chi connectivity index (χ4v) is 0.858. The van der Waals surface area contributed by atoms with Crippen molar-refractivity contribution >= 4 is 5.96 Å². The number of hydrogen-bond donors (Lipinski definition) is 3. The molecule has 4 nitrogen and oxygen atoms in total. The highest BCUT2D eigenvalue weighted by molar-refractivity contribution is 5.79. The van der Waals surface area contributed by atoms with Gasteiger partial charge in [0.2, 0.25) is 5.96 Å². The molecular weight excluding hydrogens is 188 g/mol. The molecule has 0 aromatic heterocycles. The van der Waals surface area contributed by atoms with Crippen LogP contribution in [0.1, 0.15) is 41.0 Å². The zero-order valence-corrected chi connectivity index (χ0v) is 10.7. The highest BCUT2D eigenvalue weighted by Crippen LogP contribution is 2.19. The molecule has 0 unspecified atom stereocenters. The third-order valence-electron chi connectivity index (χ3n) is 2.44. The van der Waals surface area contributed by atoms with Crippen molar-refractivity contribution in [3.63, 3.8) is 0 Å². The highest BCUT2D eigenvalue weighted by atomic mass is 15.3. The summed E-state index contributed by atoms with van der Waals surface area (Å²) in [6.07, 6.45) is 1.11. The summed E-state index contributed by atoms with van der Waals surface area (Å²) in [6.45, 7) is 12.5. The fraction of sp³-hybridized carbons (Fsp3) is 0.909. The second-order valence-electron chi connectivity index (χ2n) is 5.10. The molecule has 0 saturated carbocycles. The first kappa shape index (κ1) is 14.2. The number of aliphatic imine (C=N–C) groups is 1. The van der Waals surface area contributed by atoms with Gasteiger partial charge in [0, 0.05) is 13.1 Å². The maximum atomic E-state index is 5.39. The van der Waals surface area contributed by atoms with Crippen molar-refractivity contribution < 1.29 is 0 Å². The smallest absolute Gasteiger partial charge is 0.205 e. The highest BCUT2D eigenvalue weighted by Gasteiger charge is 2.14. The molecule has 0 aliphatic carbocycles. The first-order valence-electron chi connectivity index (χ1n) is 5.66. The van der Waals surface area contributed by atoms with E-state index >= 15 is 0 Å². The first-order chi connectivity index (χ1) is 6.91. The lowest BCUT2D eigenvalue weighted by atomic mass is 9.91. The topological polar surface area (TPSA) is 62.4 Å². The average Bonchev–Trinajstić information content (AvgIpc) is 2.18. The van der Waals surface area contributed by atoms with E-state index in [0.29, 0.717) is 11.9 Å². The second kappa shape index (κ2) is 6.67. The molecule has 0 amide bonds. The van der Waals surface area contributed by atoms with E-state index in [1.165, 1.54) is 0 Å². The molecule has 0 spiro atoms. The molecule has 0 aliphatic rings. The van der Waals surface area contributed by atoms with Gasteiger partial charge >= 0.3 is 0 Å². The van der Waals surface area contributed by atoms with Crippen LogP contribution in [0.5, 0.6) is 0 Å². The summed E-state index contributed by atoms with van der Waals surface area (Å²) < 4.78 is 0. The summed E-state index contributed by atoms with van der Waals surface area (Å²) in [5, 5.41) is 3.18. The van der Waals surface area contributed by atoms with Crippen LogP contribution in [0.2, 0.25) is 0 Å². The molecule has 0 aromatic carbocycles. The summed E-state index contributed by atoms with van der Waals surface area (Å²) in [5.41, 5.74) is 2.83. The number of hydrazine groups is 1. The minimum absolute atomic E-state index is 0.238. The lowest BCUT2D eigenvalue weighted by molar-refractivity contribution is 0.365. The Kier molecular flexibility index (Phi) is 6.32. The van der Waals surface area contributed by atoms with Gasteiger partial charge < -0.3 is 5.32 Å². The van der Waals surface area contributed by atoms with Crippen molar-refractivity contribution in [1.82, 2.24) is 10.7 Å². The van der Waals surface area contributed by atoms with Gasteiger partial charge in [0.25, 0.3) is 0 Å². The summed E-state index contributed by atoms with van der Waals surface area (Å²) in [5.74, 6) is 6.66. The Morgan fingerprint density at radius 3 is 2.40 bits per heavy atom. The largest absolute Gasteiger partial charge is 0.355 e. The van der Waals surface area contributed by atoms with Crippen LogP contribution >= 0.6 is 0 Å². The summed E-state index contributed by atoms with van der Waals surface area (Å²) in [4.78, 5) is 4.43. The van der Waals surface area contributed by atoms with E-state index in [1.807, 2.05) is 0 Å². The van der Waals surface area contributed by atoms with Crippen LogP contribution < -0.4 is 16.6 Å². The number of hydrogen-bond acceptors (Lipinski definition) is 2. The standard InChI is InChI=1S/C11H26N4/c1-6-11(4,5)8-14-10(15-12)13-7-9(2)3/h9H,6-8,12H2,1-5H3,(H2,13,14,15). The van der Waals surface area contributed by atoms with Crippen molar-refractivity contribution in [2.45, 2.75) is 41.0 Å². The lowest BCUT2D eigenvalue weighted by Crippen LogP contribution is -2.43. The van der Waals surface area contributed by atoms with Gasteiger partial charge in [0.05, 0.1) is 0 Å². The summed E-state index contributed by atoms with van der Waals surface area (Å²) in [7, 11) is 0. The first-order valence-corrected chi connectivity index (χ1v) is 5.66. The van der Waals surface area contributed by atoms with Gasteiger partial charge in [-0.3, -0.25) is 10.4 Å². The number of nitrogens with two attached hydrogens (primary N) is 1. The van der Waals surface area contributed by atoms with Crippen molar-refractivity contribution in [2.24, 2.45) is 22.2 Å². The molecule has 0 fully saturated rings. The minimum Gasteiger partial charge on any atom is -0.355 e. The Bertz CT molecular complexity index is 197. The Labute approximate surface area is 93.7 Å². The minimum atomic E-state index is 0.238. The maximum absolute atomic E-state index is 5.39. The van der Waals surface area contributed by atoms with E-state index in [1.54, 1.807) is 0 Å². The van der Waals surface area contributed by atoms with Gasteiger partial charge in [-0.05, 0) is 17.8 Å². The van der Waals surface area contributed by atoms with Crippen LogP contribution in [0.15, 0.2) is 4.99 Å². The van der Waals surface area contributed by atoms with E-state index in [-0.39, 0.29) is 5.41 Å². The van der Waals surface area contributed by atoms with Crippen molar-refractivity contribution in [2.75, 3.05) is 13.1 Å². The zero-order valence-electron chi connectivity index (χ0n) is 10.7. The van der Waals surface area contributed by atoms with E-state index in [0.717, 1.165) is 19.5 Å². The molecule has 0 atom stereocenters. The van der Waals surface area contributed by atoms with Gasteiger partial charge in [-0.15, -0.1) is 0 Å². The van der Waals surface area contributed by atoms with Crippen molar-refractivity contribution in [1.29, 1.82) is 0 Å². The third-order valence-corrected chi connectivity index (χ3v) is 2.44. The molecule has 4 heteroatoms. The second-order valence-corrected chi connectivity index (χ2v) is 5.10. The van der Waals surface area contributed by atoms with Crippen LogP contribution in [0.3, 0.4) is 0 Å². The number of nitrogens with one attached hydrogen (secondary N) is 2. The maximum Gasteiger partial charge on any atom is 0.205 e. The molecule has 15 heavy (non-hydrogen) atoms. The fourth-order valence-electron chi connectivity index (χ4n) is 0.858. The number of nitrogens with zero attached hydrogens (tertiary/aromatic N) is 1. The Morgan fingerprint density at radius 1 is 1.40 bits per heavy atom. The molecule has 0 aliphatic heterocycles. The summed E-state index contributed by atoms with van der Waals surface area (Å²) in [6, 6.07) is 0. The monoisotopic (exact) mass is 214 g/mol. The van der Waals surface area contributed by atoms with Gasteiger partial charge in [-0.2, -0.15) is 0 Å². The van der Waals surface area contributed by atoms with E-state index in [9.17, 15) is 0 Å². The van der Waals surface area contributed by atoms with E-state index in [4.69, 9.17) is 5.84 Å². The molecule has 0 radical (unpaired) electrons. The molecule has 90 valence electrons. The Balaban J connectivity index is 4.10. The molecule has 4 N–H and O–H groups in total. The van der Waals surface area contributed by atoms with Crippen LogP contribution in [0.4, 0.5) is 0 Å². The number of guanidine groups is 1. The predicted octanol–water partition coefficient (Wildman–Crippen LogP) is 1.49. The zero-order chi connectivity index (χ0) is 11.9.